The zero-order chi connectivity index (χ0) is 13.5. The molecule has 0 aromatic heterocycles. The molecule has 1 saturated carbocycles. The van der Waals surface area contributed by atoms with Crippen molar-refractivity contribution in [1.82, 2.24) is 0 Å². The maximum atomic E-state index is 14.1. The van der Waals surface area contributed by atoms with E-state index in [4.69, 9.17) is 19.9 Å². The van der Waals surface area contributed by atoms with Gasteiger partial charge in [-0.25, -0.2) is 4.39 Å². The Kier molecular flexibility index (Phi) is 3.01. The smallest absolute Gasteiger partial charge is 0.170 e. The van der Waals surface area contributed by atoms with Crippen molar-refractivity contribution in [3.8, 4) is 17.2 Å². The van der Waals surface area contributed by atoms with Crippen molar-refractivity contribution in [2.24, 2.45) is 5.73 Å². The molecule has 0 radical (unpaired) electrons. The van der Waals surface area contributed by atoms with Gasteiger partial charge in [-0.2, -0.15) is 0 Å². The van der Waals surface area contributed by atoms with Crippen LogP contribution in [-0.4, -0.2) is 20.3 Å². The molecule has 1 aromatic carbocycles. The van der Waals surface area contributed by atoms with Crippen molar-refractivity contribution in [1.29, 1.82) is 0 Å². The Bertz CT molecular complexity index is 500. The lowest BCUT2D eigenvalue weighted by atomic mass is 9.72. The fraction of sp³-hybridized carbons (Fsp3) is 0.571. The molecule has 1 aromatic rings. The first kappa shape index (κ1) is 12.5. The first-order valence-corrected chi connectivity index (χ1v) is 6.61. The van der Waals surface area contributed by atoms with Crippen LogP contribution in [0, 0.1) is 5.82 Å². The van der Waals surface area contributed by atoms with Crippen LogP contribution in [0.5, 0.6) is 17.2 Å². The van der Waals surface area contributed by atoms with Crippen molar-refractivity contribution in [3.05, 3.63) is 17.4 Å². The molecule has 1 heterocycles. The van der Waals surface area contributed by atoms with Crippen LogP contribution in [-0.2, 0) is 5.54 Å². The molecule has 5 heteroatoms. The maximum absolute atomic E-state index is 14.1. The SMILES string of the molecule is COc1c(F)cc2c(c1C1(N)CCC1)OCCCO2. The average molecular weight is 267 g/mol. The van der Waals surface area contributed by atoms with Gasteiger partial charge in [0.2, 0.25) is 0 Å². The van der Waals surface area contributed by atoms with Crippen LogP contribution in [0.15, 0.2) is 6.07 Å². The molecular formula is C14H18FNO3. The molecule has 0 saturated heterocycles. The molecule has 4 nitrogen and oxygen atoms in total. The number of hydrogen-bond acceptors (Lipinski definition) is 4. The van der Waals surface area contributed by atoms with Crippen molar-refractivity contribution >= 4 is 0 Å². The Morgan fingerprint density at radius 1 is 1.26 bits per heavy atom. The standard InChI is InChI=1S/C14H18FNO3/c1-17-12-9(15)8-10-13(19-7-3-6-18-10)11(12)14(16)4-2-5-14/h8H,2-7,16H2,1H3. The summed E-state index contributed by atoms with van der Waals surface area (Å²) in [6.45, 7) is 1.07. The molecule has 0 atom stereocenters. The third kappa shape index (κ3) is 1.92. The van der Waals surface area contributed by atoms with Gasteiger partial charge >= 0.3 is 0 Å². The van der Waals surface area contributed by atoms with Crippen molar-refractivity contribution in [2.45, 2.75) is 31.2 Å². The van der Waals surface area contributed by atoms with Gasteiger partial charge < -0.3 is 19.9 Å². The van der Waals surface area contributed by atoms with E-state index < -0.39 is 11.4 Å². The molecule has 0 bridgehead atoms. The van der Waals surface area contributed by atoms with Crippen molar-refractivity contribution < 1.29 is 18.6 Å². The zero-order valence-corrected chi connectivity index (χ0v) is 11.0. The molecule has 0 amide bonds. The zero-order valence-electron chi connectivity index (χ0n) is 11.0. The average Bonchev–Trinajstić information content (AvgIpc) is 2.59. The monoisotopic (exact) mass is 267 g/mol. The molecule has 19 heavy (non-hydrogen) atoms. The maximum Gasteiger partial charge on any atom is 0.170 e. The minimum Gasteiger partial charge on any atom is -0.493 e. The first-order chi connectivity index (χ1) is 9.15. The summed E-state index contributed by atoms with van der Waals surface area (Å²) >= 11 is 0. The van der Waals surface area contributed by atoms with Crippen molar-refractivity contribution in [3.63, 3.8) is 0 Å². The fourth-order valence-electron chi connectivity index (χ4n) is 2.72. The summed E-state index contributed by atoms with van der Waals surface area (Å²) in [5.41, 5.74) is 6.42. The third-order valence-electron chi connectivity index (χ3n) is 3.89. The van der Waals surface area contributed by atoms with Crippen LogP contribution >= 0.6 is 0 Å². The summed E-state index contributed by atoms with van der Waals surface area (Å²) in [7, 11) is 1.45. The summed E-state index contributed by atoms with van der Waals surface area (Å²) in [5.74, 6) is 0.727. The normalized spacial score (nSPS) is 20.4. The summed E-state index contributed by atoms with van der Waals surface area (Å²) in [4.78, 5) is 0. The Balaban J connectivity index is 2.20. The highest BCUT2D eigenvalue weighted by molar-refractivity contribution is 5.58. The number of nitrogens with two attached hydrogens (primary N) is 1. The van der Waals surface area contributed by atoms with Crippen molar-refractivity contribution in [2.75, 3.05) is 20.3 Å². The van der Waals surface area contributed by atoms with E-state index in [1.165, 1.54) is 13.2 Å². The van der Waals surface area contributed by atoms with Crippen LogP contribution in [0.1, 0.15) is 31.2 Å². The molecule has 2 aliphatic rings. The number of methoxy groups -OCH3 is 1. The highest BCUT2D eigenvalue weighted by atomic mass is 19.1. The molecule has 1 fully saturated rings. The highest BCUT2D eigenvalue weighted by Crippen LogP contribution is 2.51. The van der Waals surface area contributed by atoms with E-state index in [1.54, 1.807) is 0 Å². The molecule has 0 spiro atoms. The highest BCUT2D eigenvalue weighted by Gasteiger charge is 2.42. The van der Waals surface area contributed by atoms with Gasteiger partial charge in [-0.05, 0) is 19.3 Å². The minimum absolute atomic E-state index is 0.187. The number of hydrogen-bond donors (Lipinski definition) is 1. The second kappa shape index (κ2) is 4.56. The van der Waals surface area contributed by atoms with Gasteiger partial charge in [0.1, 0.15) is 0 Å². The fourth-order valence-corrected chi connectivity index (χ4v) is 2.72. The third-order valence-corrected chi connectivity index (χ3v) is 3.89. The summed E-state index contributed by atoms with van der Waals surface area (Å²) in [6, 6.07) is 1.32. The van der Waals surface area contributed by atoms with E-state index in [1.807, 2.05) is 0 Å². The molecule has 1 aliphatic carbocycles. The van der Waals surface area contributed by atoms with Gasteiger partial charge in [-0.3, -0.25) is 0 Å². The number of benzene rings is 1. The van der Waals surface area contributed by atoms with Gasteiger partial charge in [0.25, 0.3) is 0 Å². The van der Waals surface area contributed by atoms with Gasteiger partial charge in [-0.1, -0.05) is 0 Å². The molecule has 3 rings (SSSR count). The predicted molar refractivity (Wildman–Crippen MR) is 68.3 cm³/mol. The lowest BCUT2D eigenvalue weighted by molar-refractivity contribution is 0.224. The van der Waals surface area contributed by atoms with E-state index in [-0.39, 0.29) is 5.75 Å². The topological polar surface area (TPSA) is 53.7 Å². The number of ether oxygens (including phenoxy) is 3. The van der Waals surface area contributed by atoms with Gasteiger partial charge in [0, 0.05) is 18.0 Å². The Morgan fingerprint density at radius 2 is 2.00 bits per heavy atom. The molecule has 104 valence electrons. The van der Waals surface area contributed by atoms with Crippen LogP contribution in [0.3, 0.4) is 0 Å². The number of rotatable bonds is 2. The van der Waals surface area contributed by atoms with Crippen LogP contribution in [0.25, 0.3) is 0 Å². The van der Waals surface area contributed by atoms with E-state index in [0.717, 1.165) is 25.7 Å². The molecule has 0 unspecified atom stereocenters. The quantitative estimate of drug-likeness (QED) is 0.893. The Labute approximate surface area is 111 Å². The lowest BCUT2D eigenvalue weighted by Crippen LogP contribution is -2.44. The minimum atomic E-state index is -0.564. The van der Waals surface area contributed by atoms with Crippen LogP contribution in [0.2, 0.25) is 0 Å². The second-order valence-corrected chi connectivity index (χ2v) is 5.15. The van der Waals surface area contributed by atoms with E-state index in [0.29, 0.717) is 30.3 Å². The van der Waals surface area contributed by atoms with Gasteiger partial charge in [0.05, 0.1) is 25.9 Å². The van der Waals surface area contributed by atoms with Gasteiger partial charge in [-0.15, -0.1) is 0 Å². The van der Waals surface area contributed by atoms with Gasteiger partial charge in [0.15, 0.2) is 23.1 Å². The van der Waals surface area contributed by atoms with Crippen LogP contribution < -0.4 is 19.9 Å². The van der Waals surface area contributed by atoms with E-state index in [9.17, 15) is 4.39 Å². The van der Waals surface area contributed by atoms with Crippen LogP contribution in [0.4, 0.5) is 4.39 Å². The molecule has 1 aliphatic heterocycles. The summed E-state index contributed by atoms with van der Waals surface area (Å²) in [6.07, 6.45) is 3.42. The first-order valence-electron chi connectivity index (χ1n) is 6.61. The molecule has 2 N–H and O–H groups in total. The summed E-state index contributed by atoms with van der Waals surface area (Å²) < 4.78 is 30.7. The largest absolute Gasteiger partial charge is 0.493 e. The number of halogens is 1. The second-order valence-electron chi connectivity index (χ2n) is 5.15. The van der Waals surface area contributed by atoms with E-state index in [2.05, 4.69) is 0 Å². The Morgan fingerprint density at radius 3 is 2.63 bits per heavy atom. The van der Waals surface area contributed by atoms with E-state index >= 15 is 0 Å². The summed E-state index contributed by atoms with van der Waals surface area (Å²) in [5, 5.41) is 0. The molecular weight excluding hydrogens is 249 g/mol. The lowest BCUT2D eigenvalue weighted by Gasteiger charge is -2.40. The predicted octanol–water partition coefficient (Wildman–Crippen LogP) is 2.33. The Hall–Kier alpha value is -1.49. The number of fused-ring (bicyclic) bond motifs is 1.